The summed E-state index contributed by atoms with van der Waals surface area (Å²) in [6.45, 7) is 0.353. The minimum absolute atomic E-state index is 0.0815. The molecule has 25 heavy (non-hydrogen) atoms. The molecule has 2 aromatic heterocycles. The number of nitrogens with one attached hydrogen (secondary N) is 3. The molecule has 7 heteroatoms. The largest absolute Gasteiger partial charge is 0.506 e. The molecule has 0 saturated carbocycles. The number of phenolic OH excluding ortho intramolecular Hbond substituents is 1. The van der Waals surface area contributed by atoms with E-state index in [2.05, 4.69) is 20.3 Å². The van der Waals surface area contributed by atoms with Crippen molar-refractivity contribution in [2.45, 2.75) is 0 Å². The SMILES string of the molecule is N=CCNc1ccc(-c2nc(-c3ccc4nc[nH]c4c3)co2)cc1O. The zero-order valence-corrected chi connectivity index (χ0v) is 13.2. The van der Waals surface area contributed by atoms with E-state index in [0.717, 1.165) is 16.6 Å². The minimum Gasteiger partial charge on any atom is -0.506 e. The van der Waals surface area contributed by atoms with Gasteiger partial charge in [-0.1, -0.05) is 6.07 Å². The number of fused-ring (bicyclic) bond motifs is 1. The molecule has 124 valence electrons. The molecule has 0 radical (unpaired) electrons. The standard InChI is InChI=1S/C18H15N5O2/c19-5-6-20-14-4-2-12(8-17(14)24)18-23-16(9-25-18)11-1-3-13-15(7-11)22-10-21-13/h1-5,7-10,19-20,24H,6H2,(H,21,22). The maximum Gasteiger partial charge on any atom is 0.226 e. The van der Waals surface area contributed by atoms with Crippen LogP contribution in [0.1, 0.15) is 0 Å². The van der Waals surface area contributed by atoms with Crippen molar-refractivity contribution in [3.8, 4) is 28.5 Å². The Hall–Kier alpha value is -3.61. The molecule has 4 N–H and O–H groups in total. The summed E-state index contributed by atoms with van der Waals surface area (Å²) in [5, 5.41) is 20.0. The summed E-state index contributed by atoms with van der Waals surface area (Å²) in [5.74, 6) is 0.506. The number of phenols is 1. The summed E-state index contributed by atoms with van der Waals surface area (Å²) in [4.78, 5) is 11.8. The number of aromatic hydroxyl groups is 1. The molecule has 2 heterocycles. The van der Waals surface area contributed by atoms with Crippen LogP contribution in [0.4, 0.5) is 5.69 Å². The summed E-state index contributed by atoms with van der Waals surface area (Å²) in [7, 11) is 0. The number of H-pyrrole nitrogens is 1. The van der Waals surface area contributed by atoms with Gasteiger partial charge < -0.3 is 25.2 Å². The van der Waals surface area contributed by atoms with Crippen LogP contribution in [0.15, 0.2) is 53.4 Å². The summed E-state index contributed by atoms with van der Waals surface area (Å²) >= 11 is 0. The number of hydrogen-bond acceptors (Lipinski definition) is 6. The molecule has 2 aromatic carbocycles. The normalized spacial score (nSPS) is 10.9. The molecule has 4 aromatic rings. The number of aromatic amines is 1. The molecule has 4 rings (SSSR count). The second-order valence-electron chi connectivity index (χ2n) is 5.49. The Morgan fingerprint density at radius 3 is 2.92 bits per heavy atom. The van der Waals surface area contributed by atoms with Gasteiger partial charge in [0, 0.05) is 23.9 Å². The first-order chi connectivity index (χ1) is 12.2. The average molecular weight is 333 g/mol. The lowest BCUT2D eigenvalue weighted by atomic mass is 10.1. The van der Waals surface area contributed by atoms with Gasteiger partial charge in [-0.3, -0.25) is 0 Å². The maximum atomic E-state index is 10.1. The zero-order chi connectivity index (χ0) is 17.2. The van der Waals surface area contributed by atoms with Crippen LogP contribution < -0.4 is 5.32 Å². The van der Waals surface area contributed by atoms with Gasteiger partial charge in [-0.15, -0.1) is 0 Å². The van der Waals surface area contributed by atoms with Gasteiger partial charge in [0.2, 0.25) is 5.89 Å². The van der Waals surface area contributed by atoms with E-state index >= 15 is 0 Å². The first kappa shape index (κ1) is 14.9. The van der Waals surface area contributed by atoms with Crippen LogP contribution in [-0.2, 0) is 0 Å². The summed E-state index contributed by atoms with van der Waals surface area (Å²) in [6.07, 6.45) is 4.47. The van der Waals surface area contributed by atoms with Gasteiger partial charge >= 0.3 is 0 Å². The fourth-order valence-corrected chi connectivity index (χ4v) is 2.61. The van der Waals surface area contributed by atoms with E-state index in [1.54, 1.807) is 30.8 Å². The number of oxazole rings is 1. The van der Waals surface area contributed by atoms with Crippen molar-refractivity contribution >= 4 is 22.9 Å². The molecule has 0 saturated heterocycles. The second kappa shape index (κ2) is 6.12. The fourth-order valence-electron chi connectivity index (χ4n) is 2.61. The molecule has 0 bridgehead atoms. The second-order valence-corrected chi connectivity index (χ2v) is 5.49. The smallest absolute Gasteiger partial charge is 0.226 e. The molecular weight excluding hydrogens is 318 g/mol. The molecule has 0 spiro atoms. The van der Waals surface area contributed by atoms with Gasteiger partial charge in [0.15, 0.2) is 0 Å². The zero-order valence-electron chi connectivity index (χ0n) is 13.2. The topological polar surface area (TPSA) is 111 Å². The molecule has 0 amide bonds. The first-order valence-electron chi connectivity index (χ1n) is 7.70. The Morgan fingerprint density at radius 2 is 2.08 bits per heavy atom. The Bertz CT molecular complexity index is 1050. The van der Waals surface area contributed by atoms with E-state index in [1.807, 2.05) is 18.2 Å². The van der Waals surface area contributed by atoms with Gasteiger partial charge in [-0.25, -0.2) is 9.97 Å². The number of imidazole rings is 1. The predicted octanol–water partition coefficient (Wildman–Crippen LogP) is 3.65. The third kappa shape index (κ3) is 2.83. The Morgan fingerprint density at radius 1 is 1.20 bits per heavy atom. The number of anilines is 1. The lowest BCUT2D eigenvalue weighted by Crippen LogP contribution is -2.01. The van der Waals surface area contributed by atoms with Gasteiger partial charge in [-0.2, -0.15) is 0 Å². The summed E-state index contributed by atoms with van der Waals surface area (Å²) in [5.41, 5.74) is 4.68. The highest BCUT2D eigenvalue weighted by Gasteiger charge is 2.11. The van der Waals surface area contributed by atoms with Crippen LogP contribution in [0, 0.1) is 5.41 Å². The van der Waals surface area contributed by atoms with Crippen LogP contribution in [0.3, 0.4) is 0 Å². The Kier molecular flexibility index (Phi) is 3.66. The maximum absolute atomic E-state index is 10.1. The molecular formula is C18H15N5O2. The molecule has 0 unspecified atom stereocenters. The van der Waals surface area contributed by atoms with Crippen molar-refractivity contribution in [2.24, 2.45) is 0 Å². The Balaban J connectivity index is 1.64. The van der Waals surface area contributed by atoms with E-state index in [0.29, 0.717) is 29.4 Å². The molecule has 0 aliphatic carbocycles. The van der Waals surface area contributed by atoms with Crippen molar-refractivity contribution in [1.29, 1.82) is 5.41 Å². The predicted molar refractivity (Wildman–Crippen MR) is 96.0 cm³/mol. The molecule has 0 atom stereocenters. The number of rotatable bonds is 5. The van der Waals surface area contributed by atoms with E-state index < -0.39 is 0 Å². The van der Waals surface area contributed by atoms with E-state index in [-0.39, 0.29) is 5.75 Å². The lowest BCUT2D eigenvalue weighted by molar-refractivity contribution is 0.477. The van der Waals surface area contributed by atoms with Gasteiger partial charge in [0.05, 0.1) is 23.0 Å². The van der Waals surface area contributed by atoms with E-state index in [9.17, 15) is 5.11 Å². The van der Waals surface area contributed by atoms with Crippen molar-refractivity contribution in [3.05, 3.63) is 49.0 Å². The van der Waals surface area contributed by atoms with Gasteiger partial charge in [0.25, 0.3) is 0 Å². The van der Waals surface area contributed by atoms with E-state index in [4.69, 9.17) is 9.83 Å². The minimum atomic E-state index is 0.0815. The quantitative estimate of drug-likeness (QED) is 0.329. The molecule has 0 aliphatic rings. The monoisotopic (exact) mass is 333 g/mol. The van der Waals surface area contributed by atoms with Gasteiger partial charge in [0.1, 0.15) is 17.7 Å². The van der Waals surface area contributed by atoms with Crippen LogP contribution in [-0.4, -0.2) is 32.8 Å². The van der Waals surface area contributed by atoms with Gasteiger partial charge in [-0.05, 0) is 30.3 Å². The van der Waals surface area contributed by atoms with Crippen molar-refractivity contribution in [1.82, 2.24) is 15.0 Å². The average Bonchev–Trinajstić information content (AvgIpc) is 3.29. The van der Waals surface area contributed by atoms with Crippen molar-refractivity contribution in [2.75, 3.05) is 11.9 Å². The highest BCUT2D eigenvalue weighted by molar-refractivity contribution is 5.81. The highest BCUT2D eigenvalue weighted by atomic mass is 16.3. The van der Waals surface area contributed by atoms with Crippen LogP contribution in [0.2, 0.25) is 0 Å². The number of hydrogen-bond donors (Lipinski definition) is 4. The number of nitrogens with zero attached hydrogens (tertiary/aromatic N) is 2. The van der Waals surface area contributed by atoms with Crippen LogP contribution in [0.25, 0.3) is 33.7 Å². The molecule has 0 aliphatic heterocycles. The molecule has 7 nitrogen and oxygen atoms in total. The van der Waals surface area contributed by atoms with Crippen LogP contribution in [0.5, 0.6) is 5.75 Å². The lowest BCUT2D eigenvalue weighted by Gasteiger charge is -2.06. The first-order valence-corrected chi connectivity index (χ1v) is 7.70. The summed E-state index contributed by atoms with van der Waals surface area (Å²) < 4.78 is 5.57. The van der Waals surface area contributed by atoms with Crippen molar-refractivity contribution < 1.29 is 9.52 Å². The highest BCUT2D eigenvalue weighted by Crippen LogP contribution is 2.31. The third-order valence-electron chi connectivity index (χ3n) is 3.86. The van der Waals surface area contributed by atoms with Crippen molar-refractivity contribution in [3.63, 3.8) is 0 Å². The number of benzene rings is 2. The third-order valence-corrected chi connectivity index (χ3v) is 3.86. The summed E-state index contributed by atoms with van der Waals surface area (Å²) in [6, 6.07) is 10.9. The number of aromatic nitrogens is 3. The van der Waals surface area contributed by atoms with Crippen LogP contribution >= 0.6 is 0 Å². The molecule has 0 fully saturated rings. The van der Waals surface area contributed by atoms with E-state index in [1.165, 1.54) is 6.21 Å². The fraction of sp³-hybridized carbons (Fsp3) is 0.0556. The Labute approximate surface area is 142 Å².